The molecule has 0 saturated heterocycles. The molecule has 1 aromatic rings. The first-order chi connectivity index (χ1) is 6.22. The van der Waals surface area contributed by atoms with Crippen LogP contribution in [0.3, 0.4) is 0 Å². The van der Waals surface area contributed by atoms with Crippen molar-refractivity contribution in [3.8, 4) is 0 Å². The van der Waals surface area contributed by atoms with Crippen LogP contribution in [0.25, 0.3) is 0 Å². The Labute approximate surface area is 76.5 Å². The van der Waals surface area contributed by atoms with Gasteiger partial charge in [0, 0.05) is 5.69 Å². The van der Waals surface area contributed by atoms with Crippen LogP contribution in [0, 0.1) is 5.53 Å². The first kappa shape index (κ1) is 9.38. The number of nitrogens with one attached hydrogen (secondary N) is 2. The highest BCUT2D eigenvalue weighted by molar-refractivity contribution is 5.80. The van der Waals surface area contributed by atoms with Gasteiger partial charge < -0.3 is 5.32 Å². The molecule has 0 fully saturated rings. The molecule has 0 bridgehead atoms. The lowest BCUT2D eigenvalue weighted by Gasteiger charge is -2.02. The molecule has 0 aliphatic carbocycles. The third kappa shape index (κ3) is 3.02. The molecule has 0 saturated carbocycles. The summed E-state index contributed by atoms with van der Waals surface area (Å²) >= 11 is 0. The summed E-state index contributed by atoms with van der Waals surface area (Å²) in [6.45, 7) is 1.86. The van der Waals surface area contributed by atoms with Gasteiger partial charge in [-0.15, -0.1) is 0 Å². The summed E-state index contributed by atoms with van der Waals surface area (Å²) in [4.78, 5) is 10.6. The van der Waals surface area contributed by atoms with Gasteiger partial charge in [-0.3, -0.25) is 4.79 Å². The van der Waals surface area contributed by atoms with E-state index in [-0.39, 0.29) is 5.78 Å². The van der Waals surface area contributed by atoms with Gasteiger partial charge in [0.15, 0.2) is 0 Å². The molecule has 0 atom stereocenters. The fraction of sp³-hybridized carbons (Fsp3) is 0.222. The Morgan fingerprint density at radius 3 is 2.54 bits per heavy atom. The topological polar surface area (TPSA) is 65.3 Å². The van der Waals surface area contributed by atoms with Gasteiger partial charge in [-0.25, -0.2) is 5.53 Å². The van der Waals surface area contributed by atoms with E-state index in [4.69, 9.17) is 5.53 Å². The number of carbonyl (C=O) groups excluding carboxylic acids is 1. The van der Waals surface area contributed by atoms with Crippen molar-refractivity contribution in [2.24, 2.45) is 5.11 Å². The van der Waals surface area contributed by atoms with Crippen molar-refractivity contribution in [3.63, 3.8) is 0 Å². The van der Waals surface area contributed by atoms with E-state index in [0.29, 0.717) is 12.2 Å². The van der Waals surface area contributed by atoms with Crippen LogP contribution in [0.5, 0.6) is 0 Å². The van der Waals surface area contributed by atoms with E-state index in [1.165, 1.54) is 6.92 Å². The Morgan fingerprint density at radius 2 is 2.08 bits per heavy atom. The zero-order chi connectivity index (χ0) is 9.68. The quantitative estimate of drug-likeness (QED) is 0.693. The molecule has 0 spiro atoms. The average molecular weight is 177 g/mol. The maximum Gasteiger partial charge on any atom is 0.148 e. The van der Waals surface area contributed by atoms with Crippen LogP contribution in [-0.4, -0.2) is 12.3 Å². The molecule has 0 aliphatic rings. The normalized spacial score (nSPS) is 9.31. The highest BCUT2D eigenvalue weighted by atomic mass is 16.1. The van der Waals surface area contributed by atoms with Gasteiger partial charge in [0.2, 0.25) is 0 Å². The molecule has 0 unspecified atom stereocenters. The van der Waals surface area contributed by atoms with Crippen LogP contribution in [0.4, 0.5) is 11.4 Å². The molecule has 0 radical (unpaired) electrons. The predicted molar refractivity (Wildman–Crippen MR) is 50.4 cm³/mol. The molecule has 68 valence electrons. The van der Waals surface area contributed by atoms with Gasteiger partial charge in [-0.1, -0.05) is 0 Å². The second-order valence-electron chi connectivity index (χ2n) is 2.71. The summed E-state index contributed by atoms with van der Waals surface area (Å²) in [5.41, 5.74) is 8.20. The van der Waals surface area contributed by atoms with Crippen molar-refractivity contribution in [1.82, 2.24) is 0 Å². The third-order valence-corrected chi connectivity index (χ3v) is 1.54. The maximum atomic E-state index is 10.6. The van der Waals surface area contributed by atoms with Gasteiger partial charge >= 0.3 is 0 Å². The number of hydrogen-bond acceptors (Lipinski definition) is 4. The van der Waals surface area contributed by atoms with Crippen molar-refractivity contribution >= 4 is 17.2 Å². The maximum absolute atomic E-state index is 10.6. The van der Waals surface area contributed by atoms with E-state index in [2.05, 4.69) is 10.4 Å². The van der Waals surface area contributed by atoms with Crippen LogP contribution in [0.2, 0.25) is 0 Å². The Kier molecular flexibility index (Phi) is 3.14. The van der Waals surface area contributed by atoms with E-state index in [0.717, 1.165) is 5.69 Å². The van der Waals surface area contributed by atoms with Crippen LogP contribution in [0.15, 0.2) is 29.4 Å². The first-order valence-corrected chi connectivity index (χ1v) is 3.93. The zero-order valence-electron chi connectivity index (χ0n) is 7.37. The summed E-state index contributed by atoms with van der Waals surface area (Å²) in [6, 6.07) is 7.01. The summed E-state index contributed by atoms with van der Waals surface area (Å²) < 4.78 is 0. The zero-order valence-corrected chi connectivity index (χ0v) is 7.37. The van der Waals surface area contributed by atoms with E-state index >= 15 is 0 Å². The van der Waals surface area contributed by atoms with Crippen LogP contribution >= 0.6 is 0 Å². The van der Waals surface area contributed by atoms with Gasteiger partial charge in [-0.2, -0.15) is 5.11 Å². The van der Waals surface area contributed by atoms with E-state index in [9.17, 15) is 4.79 Å². The van der Waals surface area contributed by atoms with Gasteiger partial charge in [-0.05, 0) is 31.2 Å². The summed E-state index contributed by atoms with van der Waals surface area (Å²) in [7, 11) is 0. The van der Waals surface area contributed by atoms with Crippen molar-refractivity contribution in [1.29, 1.82) is 5.53 Å². The number of benzene rings is 1. The van der Waals surface area contributed by atoms with Gasteiger partial charge in [0.1, 0.15) is 5.78 Å². The lowest BCUT2D eigenvalue weighted by molar-refractivity contribution is -0.115. The Balaban J connectivity index is 2.59. The lowest BCUT2D eigenvalue weighted by Crippen LogP contribution is -2.09. The Bertz CT molecular complexity index is 305. The minimum atomic E-state index is 0.0919. The van der Waals surface area contributed by atoms with Crippen LogP contribution in [0.1, 0.15) is 6.92 Å². The number of nitrogens with zero attached hydrogens (tertiary/aromatic N) is 1. The monoisotopic (exact) mass is 177 g/mol. The van der Waals surface area contributed by atoms with Crippen LogP contribution in [-0.2, 0) is 4.79 Å². The molecule has 0 aliphatic heterocycles. The summed E-state index contributed by atoms with van der Waals surface area (Å²) in [6.07, 6.45) is 0. The minimum Gasteiger partial charge on any atom is -0.378 e. The first-order valence-electron chi connectivity index (χ1n) is 3.93. The fourth-order valence-corrected chi connectivity index (χ4v) is 0.880. The standard InChI is InChI=1S/C9H11N3O/c1-7(13)6-11-8-2-4-9(12-10)5-3-8/h2-5,10-11H,6H2,1H3. The molecular weight excluding hydrogens is 166 g/mol. The molecule has 2 N–H and O–H groups in total. The predicted octanol–water partition coefficient (Wildman–Crippen LogP) is 2.35. The SMILES string of the molecule is CC(=O)CNc1ccc(N=N)cc1. The van der Waals surface area contributed by atoms with Crippen molar-refractivity contribution in [2.75, 3.05) is 11.9 Å². The molecule has 13 heavy (non-hydrogen) atoms. The van der Waals surface area contributed by atoms with E-state index < -0.39 is 0 Å². The largest absolute Gasteiger partial charge is 0.378 e. The third-order valence-electron chi connectivity index (χ3n) is 1.54. The average Bonchev–Trinajstić information content (AvgIpc) is 2.15. The van der Waals surface area contributed by atoms with Crippen LogP contribution < -0.4 is 5.32 Å². The second kappa shape index (κ2) is 4.35. The number of ketones is 1. The number of hydrogen-bond donors (Lipinski definition) is 2. The molecule has 0 heterocycles. The molecular formula is C9H11N3O. The molecule has 4 heteroatoms. The van der Waals surface area contributed by atoms with Crippen molar-refractivity contribution < 1.29 is 4.79 Å². The summed E-state index contributed by atoms with van der Waals surface area (Å²) in [5, 5.41) is 6.21. The van der Waals surface area contributed by atoms with Gasteiger partial charge in [0.05, 0.1) is 12.2 Å². The highest BCUT2D eigenvalue weighted by Gasteiger charge is 1.94. The lowest BCUT2D eigenvalue weighted by atomic mass is 10.3. The minimum absolute atomic E-state index is 0.0919. The number of Topliss-reactive ketones (excluding diaryl/α,β-unsaturated/α-hetero) is 1. The Hall–Kier alpha value is -1.71. The summed E-state index contributed by atoms with van der Waals surface area (Å²) in [5.74, 6) is 0.0919. The second-order valence-corrected chi connectivity index (χ2v) is 2.71. The molecule has 0 aromatic heterocycles. The molecule has 1 aromatic carbocycles. The van der Waals surface area contributed by atoms with Crippen molar-refractivity contribution in [2.45, 2.75) is 6.92 Å². The smallest absolute Gasteiger partial charge is 0.148 e. The molecule has 0 amide bonds. The van der Waals surface area contributed by atoms with E-state index in [1.54, 1.807) is 24.3 Å². The molecule has 1 rings (SSSR count). The Morgan fingerprint density at radius 1 is 1.46 bits per heavy atom. The van der Waals surface area contributed by atoms with Crippen molar-refractivity contribution in [3.05, 3.63) is 24.3 Å². The van der Waals surface area contributed by atoms with E-state index in [1.807, 2.05) is 0 Å². The number of anilines is 1. The number of rotatable bonds is 4. The highest BCUT2D eigenvalue weighted by Crippen LogP contribution is 2.15. The fourth-order valence-electron chi connectivity index (χ4n) is 0.880. The number of carbonyl (C=O) groups is 1. The van der Waals surface area contributed by atoms with Gasteiger partial charge in [0.25, 0.3) is 0 Å². The molecule has 4 nitrogen and oxygen atoms in total.